The summed E-state index contributed by atoms with van der Waals surface area (Å²) in [5.41, 5.74) is 8.51. The molecule has 1 aliphatic carbocycles. The number of carbonyl (C=O) groups excluding carboxylic acids is 1. The minimum atomic E-state index is 0.134. The van der Waals surface area contributed by atoms with E-state index in [2.05, 4.69) is 4.90 Å². The number of carbonyl (C=O) groups is 1. The fourth-order valence-electron chi connectivity index (χ4n) is 3.01. The number of hydrogen-bond donors (Lipinski definition) is 1. The molecular formula is C15H20N2O2. The first-order chi connectivity index (χ1) is 9.24. The Morgan fingerprint density at radius 1 is 1.32 bits per heavy atom. The Morgan fingerprint density at radius 3 is 2.89 bits per heavy atom. The normalized spacial score (nSPS) is 24.2. The summed E-state index contributed by atoms with van der Waals surface area (Å²) < 4.78 is 5.34. The molecule has 4 heteroatoms. The number of rotatable bonds is 2. The van der Waals surface area contributed by atoms with Crippen LogP contribution in [0.25, 0.3) is 0 Å². The summed E-state index contributed by atoms with van der Waals surface area (Å²) in [5.74, 6) is 0.418. The van der Waals surface area contributed by atoms with Gasteiger partial charge in [0.25, 0.3) is 0 Å². The van der Waals surface area contributed by atoms with E-state index in [1.165, 1.54) is 0 Å². The van der Waals surface area contributed by atoms with Crippen molar-refractivity contribution in [2.75, 3.05) is 38.6 Å². The molecule has 1 heterocycles. The highest BCUT2D eigenvalue weighted by molar-refractivity contribution is 6.00. The minimum Gasteiger partial charge on any atom is -0.399 e. The lowest BCUT2D eigenvalue weighted by molar-refractivity contribution is 0.0291. The zero-order valence-corrected chi connectivity index (χ0v) is 11.1. The molecule has 2 N–H and O–H groups in total. The molecule has 1 aromatic carbocycles. The highest BCUT2D eigenvalue weighted by Gasteiger charge is 2.29. The number of nitrogens with zero attached hydrogens (tertiary/aromatic N) is 1. The van der Waals surface area contributed by atoms with Crippen molar-refractivity contribution in [3.63, 3.8) is 0 Å². The van der Waals surface area contributed by atoms with Gasteiger partial charge in [0, 0.05) is 36.8 Å². The van der Waals surface area contributed by atoms with E-state index in [1.54, 1.807) is 0 Å². The Morgan fingerprint density at radius 2 is 2.11 bits per heavy atom. The van der Waals surface area contributed by atoms with Crippen LogP contribution >= 0.6 is 0 Å². The van der Waals surface area contributed by atoms with E-state index in [9.17, 15) is 4.79 Å². The molecule has 19 heavy (non-hydrogen) atoms. The van der Waals surface area contributed by atoms with Gasteiger partial charge in [0.05, 0.1) is 13.2 Å². The van der Waals surface area contributed by atoms with Crippen LogP contribution in [0.2, 0.25) is 0 Å². The number of aryl methyl sites for hydroxylation is 1. The van der Waals surface area contributed by atoms with E-state index in [4.69, 9.17) is 10.5 Å². The van der Waals surface area contributed by atoms with Crippen molar-refractivity contribution in [2.24, 2.45) is 5.92 Å². The fraction of sp³-hybridized carbons (Fsp3) is 0.533. The average Bonchev–Trinajstić information content (AvgIpc) is 2.43. The SMILES string of the molecule is Nc1ccc2c(c1)CCC(CN1CCOCC1)C2=O. The van der Waals surface area contributed by atoms with Gasteiger partial charge in [0.15, 0.2) is 5.78 Å². The third-order valence-corrected chi connectivity index (χ3v) is 4.11. The van der Waals surface area contributed by atoms with E-state index >= 15 is 0 Å². The highest BCUT2D eigenvalue weighted by Crippen LogP contribution is 2.27. The third kappa shape index (κ3) is 2.65. The van der Waals surface area contributed by atoms with E-state index < -0.39 is 0 Å². The van der Waals surface area contributed by atoms with Crippen LogP contribution in [0.3, 0.4) is 0 Å². The second-order valence-corrected chi connectivity index (χ2v) is 5.43. The van der Waals surface area contributed by atoms with Crippen LogP contribution in [0.4, 0.5) is 5.69 Å². The lowest BCUT2D eigenvalue weighted by Gasteiger charge is -2.32. The summed E-state index contributed by atoms with van der Waals surface area (Å²) in [6.07, 6.45) is 1.90. The van der Waals surface area contributed by atoms with Crippen LogP contribution in [0.15, 0.2) is 18.2 Å². The maximum atomic E-state index is 12.5. The van der Waals surface area contributed by atoms with Gasteiger partial charge in [-0.15, -0.1) is 0 Å². The van der Waals surface area contributed by atoms with Crippen LogP contribution in [0.1, 0.15) is 22.3 Å². The Balaban J connectivity index is 1.72. The Kier molecular flexibility index (Phi) is 3.53. The van der Waals surface area contributed by atoms with E-state index in [0.29, 0.717) is 0 Å². The van der Waals surface area contributed by atoms with Gasteiger partial charge < -0.3 is 10.5 Å². The summed E-state index contributed by atoms with van der Waals surface area (Å²) in [4.78, 5) is 14.8. The van der Waals surface area contributed by atoms with Crippen LogP contribution in [-0.2, 0) is 11.2 Å². The van der Waals surface area contributed by atoms with Gasteiger partial charge in [0.1, 0.15) is 0 Å². The highest BCUT2D eigenvalue weighted by atomic mass is 16.5. The first kappa shape index (κ1) is 12.6. The van der Waals surface area contributed by atoms with Gasteiger partial charge in [-0.1, -0.05) is 0 Å². The first-order valence-corrected chi connectivity index (χ1v) is 6.97. The van der Waals surface area contributed by atoms with E-state index in [-0.39, 0.29) is 11.7 Å². The zero-order valence-electron chi connectivity index (χ0n) is 11.1. The molecule has 3 rings (SSSR count). The molecule has 2 aliphatic rings. The van der Waals surface area contributed by atoms with Crippen molar-refractivity contribution in [3.05, 3.63) is 29.3 Å². The van der Waals surface area contributed by atoms with Crippen LogP contribution in [-0.4, -0.2) is 43.5 Å². The number of ether oxygens (including phenoxy) is 1. The second-order valence-electron chi connectivity index (χ2n) is 5.43. The fourth-order valence-corrected chi connectivity index (χ4v) is 3.01. The molecule has 1 atom stereocenters. The zero-order chi connectivity index (χ0) is 13.2. The largest absolute Gasteiger partial charge is 0.399 e. The first-order valence-electron chi connectivity index (χ1n) is 6.97. The standard InChI is InChI=1S/C15H20N2O2/c16-13-3-4-14-11(9-13)1-2-12(15(14)18)10-17-5-7-19-8-6-17/h3-4,9,12H,1-2,5-8,10,16H2. The van der Waals surface area contributed by atoms with Gasteiger partial charge >= 0.3 is 0 Å². The maximum absolute atomic E-state index is 12.5. The quantitative estimate of drug-likeness (QED) is 0.815. The number of Topliss-reactive ketones (excluding diaryl/α,β-unsaturated/α-hetero) is 1. The van der Waals surface area contributed by atoms with E-state index in [1.807, 2.05) is 18.2 Å². The number of fused-ring (bicyclic) bond motifs is 1. The average molecular weight is 260 g/mol. The molecule has 4 nitrogen and oxygen atoms in total. The molecule has 1 aliphatic heterocycles. The van der Waals surface area contributed by atoms with Crippen LogP contribution in [0.5, 0.6) is 0 Å². The van der Waals surface area contributed by atoms with Gasteiger partial charge in [-0.3, -0.25) is 9.69 Å². The lowest BCUT2D eigenvalue weighted by Crippen LogP contribution is -2.42. The van der Waals surface area contributed by atoms with Crippen molar-refractivity contribution in [2.45, 2.75) is 12.8 Å². The Hall–Kier alpha value is -1.39. The third-order valence-electron chi connectivity index (χ3n) is 4.11. The van der Waals surface area contributed by atoms with Gasteiger partial charge in [-0.05, 0) is 36.6 Å². The smallest absolute Gasteiger partial charge is 0.167 e. The molecule has 0 amide bonds. The molecule has 0 aromatic heterocycles. The summed E-state index contributed by atoms with van der Waals surface area (Å²) in [6.45, 7) is 4.32. The number of nitrogens with two attached hydrogens (primary N) is 1. The summed E-state index contributed by atoms with van der Waals surface area (Å²) in [6, 6.07) is 5.66. The second kappa shape index (κ2) is 5.31. The Labute approximate surface area is 113 Å². The molecule has 1 fully saturated rings. The van der Waals surface area contributed by atoms with Crippen molar-refractivity contribution in [3.8, 4) is 0 Å². The van der Waals surface area contributed by atoms with Crippen LogP contribution in [0, 0.1) is 5.92 Å². The topological polar surface area (TPSA) is 55.6 Å². The predicted octanol–water partition coefficient (Wildman–Crippen LogP) is 1.35. The molecule has 1 aromatic rings. The lowest BCUT2D eigenvalue weighted by atomic mass is 9.82. The molecule has 0 bridgehead atoms. The monoisotopic (exact) mass is 260 g/mol. The van der Waals surface area contributed by atoms with Crippen molar-refractivity contribution in [1.82, 2.24) is 4.90 Å². The molecular weight excluding hydrogens is 240 g/mol. The number of hydrogen-bond acceptors (Lipinski definition) is 4. The van der Waals surface area contributed by atoms with Crippen molar-refractivity contribution >= 4 is 11.5 Å². The summed E-state index contributed by atoms with van der Waals surface area (Å²) in [7, 11) is 0. The van der Waals surface area contributed by atoms with Gasteiger partial charge in [-0.25, -0.2) is 0 Å². The molecule has 0 radical (unpaired) electrons. The van der Waals surface area contributed by atoms with Crippen molar-refractivity contribution in [1.29, 1.82) is 0 Å². The predicted molar refractivity (Wildman–Crippen MR) is 74.3 cm³/mol. The van der Waals surface area contributed by atoms with Gasteiger partial charge in [-0.2, -0.15) is 0 Å². The van der Waals surface area contributed by atoms with Gasteiger partial charge in [0.2, 0.25) is 0 Å². The molecule has 0 saturated carbocycles. The minimum absolute atomic E-state index is 0.134. The molecule has 1 unspecified atom stereocenters. The number of anilines is 1. The number of ketones is 1. The summed E-state index contributed by atoms with van der Waals surface area (Å²) >= 11 is 0. The number of nitrogen functional groups attached to an aromatic ring is 1. The molecule has 0 spiro atoms. The molecule has 102 valence electrons. The van der Waals surface area contributed by atoms with Crippen LogP contribution < -0.4 is 5.73 Å². The van der Waals surface area contributed by atoms with Crippen molar-refractivity contribution < 1.29 is 9.53 Å². The number of benzene rings is 1. The number of morpholine rings is 1. The Bertz CT molecular complexity index is 481. The summed E-state index contributed by atoms with van der Waals surface area (Å²) in [5, 5.41) is 0. The maximum Gasteiger partial charge on any atom is 0.167 e. The van der Waals surface area contributed by atoms with E-state index in [0.717, 1.165) is 62.5 Å². The molecule has 1 saturated heterocycles.